The normalized spacial score (nSPS) is 25.5. The van der Waals surface area contributed by atoms with Gasteiger partial charge in [-0.3, -0.25) is 4.79 Å². The second kappa shape index (κ2) is 7.57. The summed E-state index contributed by atoms with van der Waals surface area (Å²) in [6, 6.07) is 5.57. The zero-order chi connectivity index (χ0) is 18.1. The Kier molecular flexibility index (Phi) is 5.18. The van der Waals surface area contributed by atoms with Gasteiger partial charge < -0.3 is 20.6 Å². The number of likely N-dealkylation sites (tertiary alicyclic amines) is 1. The van der Waals surface area contributed by atoms with E-state index >= 15 is 0 Å². The molecule has 5 heteroatoms. The molecule has 2 atom stereocenters. The van der Waals surface area contributed by atoms with Gasteiger partial charge >= 0.3 is 0 Å². The Bertz CT molecular complexity index is 651. The predicted octanol–water partition coefficient (Wildman–Crippen LogP) is 2.03. The first-order valence-corrected chi connectivity index (χ1v) is 10.2. The van der Waals surface area contributed by atoms with Crippen LogP contribution in [0.1, 0.15) is 43.7 Å². The maximum Gasteiger partial charge on any atom is 0.237 e. The summed E-state index contributed by atoms with van der Waals surface area (Å²) >= 11 is 0. The molecule has 1 aromatic carbocycles. The summed E-state index contributed by atoms with van der Waals surface area (Å²) in [5, 5.41) is 16.3. The van der Waals surface area contributed by atoms with E-state index in [0.29, 0.717) is 24.9 Å². The number of nitrogens with one attached hydrogen (secondary N) is 2. The van der Waals surface area contributed by atoms with Gasteiger partial charge in [0.25, 0.3) is 0 Å². The van der Waals surface area contributed by atoms with Gasteiger partial charge in [0.1, 0.15) is 5.75 Å². The van der Waals surface area contributed by atoms with Crippen LogP contribution < -0.4 is 10.6 Å². The van der Waals surface area contributed by atoms with E-state index in [2.05, 4.69) is 22.5 Å². The third-order valence-electron chi connectivity index (χ3n) is 6.32. The van der Waals surface area contributed by atoms with Gasteiger partial charge in [-0.15, -0.1) is 0 Å². The van der Waals surface area contributed by atoms with E-state index in [4.69, 9.17) is 0 Å². The second-order valence-electron chi connectivity index (χ2n) is 8.53. The minimum Gasteiger partial charge on any atom is -0.508 e. The third kappa shape index (κ3) is 4.21. The Hall–Kier alpha value is -1.59. The SMILES string of the molecule is CC1CCN(C[C@@H](NC(=O)C2Cc3ccc(O)cc3CN2)C2CC2)CC1. The van der Waals surface area contributed by atoms with Crippen LogP contribution in [0.4, 0.5) is 0 Å². The topological polar surface area (TPSA) is 64.6 Å². The van der Waals surface area contributed by atoms with Crippen LogP contribution in [-0.2, 0) is 17.8 Å². The molecule has 4 rings (SSSR count). The summed E-state index contributed by atoms with van der Waals surface area (Å²) in [5.74, 6) is 1.92. The summed E-state index contributed by atoms with van der Waals surface area (Å²) in [6.07, 6.45) is 5.74. The van der Waals surface area contributed by atoms with Crippen LogP contribution in [0.15, 0.2) is 18.2 Å². The van der Waals surface area contributed by atoms with Crippen LogP contribution in [0.2, 0.25) is 0 Å². The summed E-state index contributed by atoms with van der Waals surface area (Å²) in [7, 11) is 0. The van der Waals surface area contributed by atoms with Crippen molar-refractivity contribution in [2.75, 3.05) is 19.6 Å². The Morgan fingerprint density at radius 3 is 2.77 bits per heavy atom. The molecule has 1 saturated carbocycles. The first-order valence-electron chi connectivity index (χ1n) is 10.2. The van der Waals surface area contributed by atoms with E-state index in [1.54, 1.807) is 12.1 Å². The predicted molar refractivity (Wildman–Crippen MR) is 102 cm³/mol. The number of carbonyl (C=O) groups is 1. The minimum absolute atomic E-state index is 0.131. The molecule has 0 bridgehead atoms. The molecule has 3 aliphatic rings. The Morgan fingerprint density at radius 1 is 1.27 bits per heavy atom. The zero-order valence-corrected chi connectivity index (χ0v) is 15.7. The van der Waals surface area contributed by atoms with Crippen molar-refractivity contribution >= 4 is 5.91 Å². The van der Waals surface area contributed by atoms with E-state index in [0.717, 1.165) is 23.6 Å². The molecule has 1 aliphatic carbocycles. The highest BCUT2D eigenvalue weighted by Gasteiger charge is 2.35. The first kappa shape index (κ1) is 17.8. The standard InChI is InChI=1S/C21H31N3O2/c1-14-6-8-24(9-7-14)13-20(15-2-3-15)23-21(26)19-11-16-4-5-18(25)10-17(16)12-22-19/h4-5,10,14-15,19-20,22,25H,2-3,6-9,11-13H2,1H3,(H,23,26)/t19?,20-/m1/s1. The lowest BCUT2D eigenvalue weighted by molar-refractivity contribution is -0.124. The molecule has 5 nitrogen and oxygen atoms in total. The van der Waals surface area contributed by atoms with Crippen molar-refractivity contribution in [2.45, 2.75) is 57.7 Å². The fraction of sp³-hybridized carbons (Fsp3) is 0.667. The molecule has 2 heterocycles. The van der Waals surface area contributed by atoms with Gasteiger partial charge in [0, 0.05) is 19.1 Å². The monoisotopic (exact) mass is 357 g/mol. The molecule has 1 aromatic rings. The van der Waals surface area contributed by atoms with Gasteiger partial charge in [-0.05, 0) is 80.3 Å². The smallest absolute Gasteiger partial charge is 0.237 e. The van der Waals surface area contributed by atoms with Crippen LogP contribution in [0.25, 0.3) is 0 Å². The van der Waals surface area contributed by atoms with E-state index in [1.165, 1.54) is 38.8 Å². The van der Waals surface area contributed by atoms with Crippen molar-refractivity contribution in [3.63, 3.8) is 0 Å². The average molecular weight is 357 g/mol. The lowest BCUT2D eigenvalue weighted by Gasteiger charge is -2.34. The van der Waals surface area contributed by atoms with Gasteiger partial charge in [0.05, 0.1) is 6.04 Å². The van der Waals surface area contributed by atoms with Gasteiger partial charge in [-0.2, -0.15) is 0 Å². The van der Waals surface area contributed by atoms with Gasteiger partial charge in [0.15, 0.2) is 0 Å². The molecule has 1 unspecified atom stereocenters. The summed E-state index contributed by atoms with van der Waals surface area (Å²) < 4.78 is 0. The molecule has 2 fully saturated rings. The Morgan fingerprint density at radius 2 is 2.04 bits per heavy atom. The molecule has 0 radical (unpaired) electrons. The van der Waals surface area contributed by atoms with Crippen molar-refractivity contribution < 1.29 is 9.90 Å². The number of phenolic OH excluding ortho intramolecular Hbond substituents is 1. The maximum atomic E-state index is 12.9. The second-order valence-corrected chi connectivity index (χ2v) is 8.53. The summed E-state index contributed by atoms with van der Waals surface area (Å²) in [5.41, 5.74) is 2.25. The quantitative estimate of drug-likeness (QED) is 0.755. The molecule has 142 valence electrons. The number of amides is 1. The highest BCUT2D eigenvalue weighted by molar-refractivity contribution is 5.82. The van der Waals surface area contributed by atoms with Crippen molar-refractivity contribution in [1.29, 1.82) is 0 Å². The number of hydrogen-bond acceptors (Lipinski definition) is 4. The Balaban J connectivity index is 1.34. The number of benzene rings is 1. The zero-order valence-electron chi connectivity index (χ0n) is 15.7. The van der Waals surface area contributed by atoms with Gasteiger partial charge in [-0.25, -0.2) is 0 Å². The summed E-state index contributed by atoms with van der Waals surface area (Å²) in [4.78, 5) is 15.4. The van der Waals surface area contributed by atoms with Crippen LogP contribution in [-0.4, -0.2) is 47.6 Å². The van der Waals surface area contributed by atoms with Crippen molar-refractivity contribution in [1.82, 2.24) is 15.5 Å². The van der Waals surface area contributed by atoms with E-state index in [1.807, 2.05) is 6.07 Å². The lowest BCUT2D eigenvalue weighted by Crippen LogP contribution is -2.54. The first-order chi connectivity index (χ1) is 12.6. The number of phenols is 1. The van der Waals surface area contributed by atoms with E-state index in [9.17, 15) is 9.90 Å². The van der Waals surface area contributed by atoms with Crippen molar-refractivity contribution in [3.05, 3.63) is 29.3 Å². The van der Waals surface area contributed by atoms with E-state index in [-0.39, 0.29) is 17.7 Å². The fourth-order valence-electron chi connectivity index (χ4n) is 4.30. The van der Waals surface area contributed by atoms with Crippen molar-refractivity contribution in [2.24, 2.45) is 11.8 Å². The summed E-state index contributed by atoms with van der Waals surface area (Å²) in [6.45, 7) is 6.31. The molecule has 3 N–H and O–H groups in total. The number of fused-ring (bicyclic) bond motifs is 1. The number of carbonyl (C=O) groups excluding carboxylic acids is 1. The van der Waals surface area contributed by atoms with E-state index < -0.39 is 0 Å². The lowest BCUT2D eigenvalue weighted by atomic mass is 9.94. The molecule has 1 amide bonds. The molecule has 0 aromatic heterocycles. The molecule has 0 spiro atoms. The molecule has 26 heavy (non-hydrogen) atoms. The third-order valence-corrected chi connectivity index (χ3v) is 6.32. The van der Waals surface area contributed by atoms with Crippen molar-refractivity contribution in [3.8, 4) is 5.75 Å². The highest BCUT2D eigenvalue weighted by atomic mass is 16.3. The molecule has 1 saturated heterocycles. The van der Waals surface area contributed by atoms with Gasteiger partial charge in [0.2, 0.25) is 5.91 Å². The largest absolute Gasteiger partial charge is 0.508 e. The maximum absolute atomic E-state index is 12.9. The molecule has 2 aliphatic heterocycles. The Labute approximate surface area is 156 Å². The van der Waals surface area contributed by atoms with Crippen LogP contribution in [0.5, 0.6) is 5.75 Å². The fourth-order valence-corrected chi connectivity index (χ4v) is 4.30. The number of rotatable bonds is 5. The average Bonchev–Trinajstić information content (AvgIpc) is 3.47. The van der Waals surface area contributed by atoms with Crippen LogP contribution >= 0.6 is 0 Å². The number of piperidine rings is 1. The highest BCUT2D eigenvalue weighted by Crippen LogP contribution is 2.33. The van der Waals surface area contributed by atoms with Gasteiger partial charge in [-0.1, -0.05) is 13.0 Å². The van der Waals surface area contributed by atoms with Crippen LogP contribution in [0, 0.1) is 11.8 Å². The number of nitrogens with zero attached hydrogens (tertiary/aromatic N) is 1. The van der Waals surface area contributed by atoms with Crippen LogP contribution in [0.3, 0.4) is 0 Å². The number of hydrogen-bond donors (Lipinski definition) is 3. The number of aromatic hydroxyl groups is 1. The molecular formula is C21H31N3O2. The molecular weight excluding hydrogens is 326 g/mol. The minimum atomic E-state index is -0.172.